The number of rotatable bonds is 5. The summed E-state index contributed by atoms with van der Waals surface area (Å²) >= 11 is 4.11. The summed E-state index contributed by atoms with van der Waals surface area (Å²) < 4.78 is 31.5. The molecule has 0 aliphatic rings. The van der Waals surface area contributed by atoms with Gasteiger partial charge in [0.05, 0.1) is 17.4 Å². The van der Waals surface area contributed by atoms with E-state index in [0.717, 1.165) is 11.3 Å². The van der Waals surface area contributed by atoms with Crippen LogP contribution in [0.25, 0.3) is 0 Å². The molecular formula is C9H9BrN4O4S2. The number of esters is 1. The summed E-state index contributed by atoms with van der Waals surface area (Å²) in [5.41, 5.74) is 0. The van der Waals surface area contributed by atoms with Crippen molar-refractivity contribution in [1.82, 2.24) is 19.9 Å². The van der Waals surface area contributed by atoms with Gasteiger partial charge in [-0.25, -0.2) is 22.9 Å². The molecule has 2 N–H and O–H groups in total. The van der Waals surface area contributed by atoms with Crippen LogP contribution in [0.3, 0.4) is 0 Å². The van der Waals surface area contributed by atoms with E-state index < -0.39 is 16.0 Å². The summed E-state index contributed by atoms with van der Waals surface area (Å²) in [6.07, 6.45) is 1.28. The van der Waals surface area contributed by atoms with E-state index in [0.29, 0.717) is 9.61 Å². The quantitative estimate of drug-likeness (QED) is 0.744. The lowest BCUT2D eigenvalue weighted by Gasteiger charge is -2.03. The standard InChI is InChI=1S/C9H9BrN4O4S2/c1-18-9(15)5-2-6(8(10)19-5)20(16,17)13-3-7-11-4-12-14-7/h2,4,13H,3H2,1H3,(H,11,12,14). The van der Waals surface area contributed by atoms with E-state index in [1.165, 1.54) is 19.5 Å². The molecular weight excluding hydrogens is 372 g/mol. The van der Waals surface area contributed by atoms with Crippen molar-refractivity contribution in [2.75, 3.05) is 7.11 Å². The molecule has 2 heterocycles. The van der Waals surface area contributed by atoms with Crippen molar-refractivity contribution < 1.29 is 17.9 Å². The van der Waals surface area contributed by atoms with E-state index in [4.69, 9.17) is 0 Å². The van der Waals surface area contributed by atoms with Crippen LogP contribution in [0, 0.1) is 0 Å². The maximum atomic E-state index is 12.1. The van der Waals surface area contributed by atoms with E-state index >= 15 is 0 Å². The molecule has 0 aromatic carbocycles. The van der Waals surface area contributed by atoms with Gasteiger partial charge in [-0.3, -0.25) is 5.10 Å². The molecule has 0 saturated carbocycles. The van der Waals surface area contributed by atoms with E-state index in [1.54, 1.807) is 0 Å². The number of ether oxygens (including phenoxy) is 1. The molecule has 0 aliphatic heterocycles. The predicted octanol–water partition coefficient (Wildman–Crippen LogP) is 0.894. The van der Waals surface area contributed by atoms with Gasteiger partial charge in [-0.15, -0.1) is 11.3 Å². The molecule has 2 aromatic heterocycles. The van der Waals surface area contributed by atoms with Gasteiger partial charge in [0, 0.05) is 0 Å². The number of aromatic nitrogens is 3. The number of sulfonamides is 1. The number of nitrogens with one attached hydrogen (secondary N) is 2. The molecule has 0 radical (unpaired) electrons. The Morgan fingerprint density at radius 3 is 2.95 bits per heavy atom. The van der Waals surface area contributed by atoms with E-state index in [9.17, 15) is 13.2 Å². The molecule has 20 heavy (non-hydrogen) atoms. The highest BCUT2D eigenvalue weighted by atomic mass is 79.9. The van der Waals surface area contributed by atoms with Crippen molar-refractivity contribution in [2.45, 2.75) is 11.4 Å². The third-order valence-corrected chi connectivity index (χ3v) is 5.86. The Morgan fingerprint density at radius 1 is 1.60 bits per heavy atom. The topological polar surface area (TPSA) is 114 Å². The number of hydrogen-bond donors (Lipinski definition) is 2. The zero-order chi connectivity index (χ0) is 14.8. The average molecular weight is 381 g/mol. The Bertz CT molecular complexity index is 710. The summed E-state index contributed by atoms with van der Waals surface area (Å²) in [6, 6.07) is 1.25. The van der Waals surface area contributed by atoms with Crippen LogP contribution >= 0.6 is 27.3 Å². The second kappa shape index (κ2) is 5.99. The lowest BCUT2D eigenvalue weighted by molar-refractivity contribution is 0.0606. The van der Waals surface area contributed by atoms with Gasteiger partial charge in [0.25, 0.3) is 0 Å². The van der Waals surface area contributed by atoms with Crippen LogP contribution in [0.1, 0.15) is 15.5 Å². The Labute approximate surface area is 126 Å². The maximum Gasteiger partial charge on any atom is 0.348 e. The normalized spacial score (nSPS) is 11.5. The highest BCUT2D eigenvalue weighted by Crippen LogP contribution is 2.32. The summed E-state index contributed by atoms with van der Waals surface area (Å²) in [5, 5.41) is 6.15. The molecule has 0 spiro atoms. The second-order valence-corrected chi connectivity index (χ2v) is 7.60. The zero-order valence-corrected chi connectivity index (χ0v) is 13.3. The van der Waals surface area contributed by atoms with Crippen molar-refractivity contribution >= 4 is 43.3 Å². The number of methoxy groups -OCH3 is 1. The number of halogens is 1. The Morgan fingerprint density at radius 2 is 2.35 bits per heavy atom. The van der Waals surface area contributed by atoms with Crippen LogP contribution in [0.5, 0.6) is 0 Å². The highest BCUT2D eigenvalue weighted by molar-refractivity contribution is 9.11. The molecule has 0 atom stereocenters. The van der Waals surface area contributed by atoms with Gasteiger partial charge in [0.1, 0.15) is 21.9 Å². The number of carbonyl (C=O) groups excluding carboxylic acids is 1. The third kappa shape index (κ3) is 3.23. The van der Waals surface area contributed by atoms with Crippen molar-refractivity contribution in [2.24, 2.45) is 0 Å². The highest BCUT2D eigenvalue weighted by Gasteiger charge is 2.23. The molecule has 2 rings (SSSR count). The Balaban J connectivity index is 2.21. The lowest BCUT2D eigenvalue weighted by atomic mass is 10.5. The fraction of sp³-hybridized carbons (Fsp3) is 0.222. The van der Waals surface area contributed by atoms with Crippen molar-refractivity contribution in [3.63, 3.8) is 0 Å². The SMILES string of the molecule is COC(=O)c1cc(S(=O)(=O)NCc2ncn[nH]2)c(Br)s1. The van der Waals surface area contributed by atoms with Crippen LogP contribution in [0.2, 0.25) is 0 Å². The van der Waals surface area contributed by atoms with Gasteiger partial charge >= 0.3 is 5.97 Å². The van der Waals surface area contributed by atoms with Gasteiger partial charge in [-0.1, -0.05) is 0 Å². The molecule has 2 aromatic rings. The van der Waals surface area contributed by atoms with Gasteiger partial charge < -0.3 is 4.74 Å². The average Bonchev–Trinajstić information content (AvgIpc) is 3.05. The van der Waals surface area contributed by atoms with Gasteiger partial charge in [0.2, 0.25) is 10.0 Å². The van der Waals surface area contributed by atoms with Gasteiger partial charge in [0.15, 0.2) is 0 Å². The van der Waals surface area contributed by atoms with Gasteiger partial charge in [-0.05, 0) is 22.0 Å². The van der Waals surface area contributed by atoms with Crippen molar-refractivity contribution in [3.8, 4) is 0 Å². The summed E-state index contributed by atoms with van der Waals surface area (Å²) in [6.45, 7) is -0.0296. The minimum atomic E-state index is -3.77. The van der Waals surface area contributed by atoms with Crippen molar-refractivity contribution in [1.29, 1.82) is 0 Å². The van der Waals surface area contributed by atoms with Crippen LogP contribution in [-0.2, 0) is 21.3 Å². The lowest BCUT2D eigenvalue weighted by Crippen LogP contribution is -2.23. The maximum absolute atomic E-state index is 12.1. The molecule has 0 aliphatic carbocycles. The van der Waals surface area contributed by atoms with E-state index in [2.05, 4.69) is 40.6 Å². The van der Waals surface area contributed by atoms with Crippen LogP contribution < -0.4 is 4.72 Å². The van der Waals surface area contributed by atoms with E-state index in [-0.39, 0.29) is 16.3 Å². The fourth-order valence-electron chi connectivity index (χ4n) is 1.29. The number of nitrogens with zero attached hydrogens (tertiary/aromatic N) is 2. The zero-order valence-electron chi connectivity index (χ0n) is 10.1. The number of aromatic amines is 1. The monoisotopic (exact) mass is 380 g/mol. The van der Waals surface area contributed by atoms with E-state index in [1.807, 2.05) is 0 Å². The largest absolute Gasteiger partial charge is 0.465 e. The summed E-state index contributed by atoms with van der Waals surface area (Å²) in [4.78, 5) is 15.4. The second-order valence-electron chi connectivity index (χ2n) is 3.50. The molecule has 0 fully saturated rings. The Hall–Kier alpha value is -1.30. The predicted molar refractivity (Wildman–Crippen MR) is 73.8 cm³/mol. The molecule has 0 amide bonds. The first-order valence-electron chi connectivity index (χ1n) is 5.15. The molecule has 0 unspecified atom stereocenters. The first kappa shape index (κ1) is 15.1. The fourth-order valence-corrected chi connectivity index (χ4v) is 4.76. The van der Waals surface area contributed by atoms with Gasteiger partial charge in [-0.2, -0.15) is 5.10 Å². The minimum Gasteiger partial charge on any atom is -0.465 e. The summed E-state index contributed by atoms with van der Waals surface area (Å²) in [7, 11) is -2.54. The third-order valence-electron chi connectivity index (χ3n) is 2.23. The minimum absolute atomic E-state index is 0.0255. The molecule has 0 saturated heterocycles. The molecule has 11 heteroatoms. The van der Waals surface area contributed by atoms with Crippen LogP contribution in [0.15, 0.2) is 21.1 Å². The first-order valence-corrected chi connectivity index (χ1v) is 8.25. The van der Waals surface area contributed by atoms with Crippen LogP contribution in [-0.4, -0.2) is 36.7 Å². The number of carbonyl (C=O) groups is 1. The number of hydrogen-bond acceptors (Lipinski definition) is 7. The number of H-pyrrole nitrogens is 1. The van der Waals surface area contributed by atoms with Crippen molar-refractivity contribution in [3.05, 3.63) is 26.9 Å². The molecule has 108 valence electrons. The number of thiophene rings is 1. The smallest absolute Gasteiger partial charge is 0.348 e. The summed E-state index contributed by atoms with van der Waals surface area (Å²) in [5.74, 6) is -0.208. The molecule has 8 nitrogen and oxygen atoms in total. The van der Waals surface area contributed by atoms with Crippen LogP contribution in [0.4, 0.5) is 0 Å². The first-order chi connectivity index (χ1) is 9.44. The molecule has 0 bridgehead atoms. The Kier molecular flexibility index (Phi) is 4.52.